The van der Waals surface area contributed by atoms with Crippen LogP contribution in [0, 0.1) is 9.39 Å². The lowest BCUT2D eigenvalue weighted by atomic mass is 10.3. The Morgan fingerprint density at radius 1 is 1.37 bits per heavy atom. The molecule has 19 heavy (non-hydrogen) atoms. The van der Waals surface area contributed by atoms with Crippen molar-refractivity contribution in [1.82, 2.24) is 4.98 Å². The molecule has 0 aliphatic carbocycles. The molecule has 1 aromatic carbocycles. The van der Waals surface area contributed by atoms with Crippen molar-refractivity contribution in [3.63, 3.8) is 0 Å². The summed E-state index contributed by atoms with van der Waals surface area (Å²) in [4.78, 5) is 14.7. The minimum Gasteiger partial charge on any atom is -0.477 e. The molecule has 0 unspecified atom stereocenters. The Labute approximate surface area is 121 Å². The molecule has 0 saturated carbocycles. The molecule has 1 heterocycles. The van der Waals surface area contributed by atoms with Gasteiger partial charge in [0.1, 0.15) is 5.82 Å². The smallest absolute Gasteiger partial charge is 0.354 e. The van der Waals surface area contributed by atoms with Gasteiger partial charge in [-0.25, -0.2) is 14.2 Å². The summed E-state index contributed by atoms with van der Waals surface area (Å²) in [5, 5.41) is 11.8. The van der Waals surface area contributed by atoms with E-state index in [4.69, 9.17) is 10.8 Å². The van der Waals surface area contributed by atoms with Gasteiger partial charge in [-0.15, -0.1) is 0 Å². The highest BCUT2D eigenvalue weighted by Crippen LogP contribution is 2.25. The van der Waals surface area contributed by atoms with Crippen molar-refractivity contribution in [2.75, 3.05) is 11.1 Å². The molecule has 0 bridgehead atoms. The number of halogens is 2. The number of hydrogen-bond acceptors (Lipinski definition) is 4. The largest absolute Gasteiger partial charge is 0.477 e. The van der Waals surface area contributed by atoms with Gasteiger partial charge < -0.3 is 16.2 Å². The Kier molecular flexibility index (Phi) is 3.84. The van der Waals surface area contributed by atoms with Crippen molar-refractivity contribution in [1.29, 1.82) is 0 Å². The number of rotatable bonds is 3. The topological polar surface area (TPSA) is 88.2 Å². The van der Waals surface area contributed by atoms with E-state index in [2.05, 4.69) is 10.3 Å². The van der Waals surface area contributed by atoms with E-state index in [0.29, 0.717) is 14.9 Å². The van der Waals surface area contributed by atoms with Crippen LogP contribution in [0.4, 0.5) is 21.6 Å². The average Bonchev–Trinajstić information content (AvgIpc) is 2.34. The first kappa shape index (κ1) is 13.5. The molecule has 0 aliphatic heterocycles. The standard InChI is InChI=1S/C12H9FIN3O2/c13-6-1-3-9(7(14)5-6)16-11-8(15)2-4-10(17-11)12(18)19/h1-5H,15H2,(H,16,17)(H,18,19). The average molecular weight is 373 g/mol. The maximum Gasteiger partial charge on any atom is 0.354 e. The molecular weight excluding hydrogens is 364 g/mol. The van der Waals surface area contributed by atoms with Crippen LogP contribution in [-0.4, -0.2) is 16.1 Å². The van der Waals surface area contributed by atoms with Crippen LogP contribution < -0.4 is 11.1 Å². The minimum atomic E-state index is -1.14. The molecule has 4 N–H and O–H groups in total. The zero-order valence-corrected chi connectivity index (χ0v) is 11.7. The predicted molar refractivity (Wildman–Crippen MR) is 78.0 cm³/mol. The number of carbonyl (C=O) groups is 1. The third kappa shape index (κ3) is 3.11. The SMILES string of the molecule is Nc1ccc(C(=O)O)nc1Nc1ccc(F)cc1I. The van der Waals surface area contributed by atoms with Crippen molar-refractivity contribution in [2.24, 2.45) is 0 Å². The first-order chi connectivity index (χ1) is 8.97. The van der Waals surface area contributed by atoms with Crippen molar-refractivity contribution in [3.8, 4) is 0 Å². The fraction of sp³-hybridized carbons (Fsp3) is 0. The van der Waals surface area contributed by atoms with E-state index in [-0.39, 0.29) is 17.3 Å². The Hall–Kier alpha value is -1.90. The summed E-state index contributed by atoms with van der Waals surface area (Å²) in [6.45, 7) is 0. The lowest BCUT2D eigenvalue weighted by molar-refractivity contribution is 0.0690. The molecule has 5 nitrogen and oxygen atoms in total. The summed E-state index contributed by atoms with van der Waals surface area (Å²) < 4.78 is 13.6. The van der Waals surface area contributed by atoms with Crippen LogP contribution in [0.25, 0.3) is 0 Å². The zero-order chi connectivity index (χ0) is 14.0. The molecule has 0 amide bonds. The van der Waals surface area contributed by atoms with E-state index >= 15 is 0 Å². The molecular formula is C12H9FIN3O2. The summed E-state index contributed by atoms with van der Waals surface area (Å²) in [5.74, 6) is -1.27. The molecule has 0 fully saturated rings. The van der Waals surface area contributed by atoms with E-state index in [0.717, 1.165) is 0 Å². The minimum absolute atomic E-state index is 0.117. The number of anilines is 3. The number of nitrogens with two attached hydrogens (primary N) is 1. The van der Waals surface area contributed by atoms with E-state index < -0.39 is 5.97 Å². The third-order valence-corrected chi connectivity index (χ3v) is 3.22. The molecule has 2 rings (SSSR count). The second kappa shape index (κ2) is 5.39. The molecule has 98 valence electrons. The number of carboxylic acids is 1. The highest BCUT2D eigenvalue weighted by molar-refractivity contribution is 14.1. The van der Waals surface area contributed by atoms with Crippen molar-refractivity contribution in [2.45, 2.75) is 0 Å². The van der Waals surface area contributed by atoms with Crippen LogP contribution in [-0.2, 0) is 0 Å². The first-order valence-electron chi connectivity index (χ1n) is 5.19. The van der Waals surface area contributed by atoms with Gasteiger partial charge in [0.05, 0.1) is 11.4 Å². The van der Waals surface area contributed by atoms with Crippen LogP contribution in [0.3, 0.4) is 0 Å². The second-order valence-corrected chi connectivity index (χ2v) is 4.85. The van der Waals surface area contributed by atoms with E-state index in [1.165, 1.54) is 30.3 Å². The highest BCUT2D eigenvalue weighted by atomic mass is 127. The van der Waals surface area contributed by atoms with E-state index in [9.17, 15) is 9.18 Å². The number of nitrogens with one attached hydrogen (secondary N) is 1. The molecule has 0 spiro atoms. The number of benzene rings is 1. The summed E-state index contributed by atoms with van der Waals surface area (Å²) in [6, 6.07) is 6.95. The molecule has 0 radical (unpaired) electrons. The Bertz CT molecular complexity index is 649. The van der Waals surface area contributed by atoms with Gasteiger partial charge in [0.25, 0.3) is 0 Å². The molecule has 1 aromatic heterocycles. The third-order valence-electron chi connectivity index (χ3n) is 2.33. The van der Waals surface area contributed by atoms with Gasteiger partial charge >= 0.3 is 5.97 Å². The first-order valence-corrected chi connectivity index (χ1v) is 6.27. The molecule has 0 atom stereocenters. The van der Waals surface area contributed by atoms with Gasteiger partial charge in [-0.2, -0.15) is 0 Å². The summed E-state index contributed by atoms with van der Waals surface area (Å²) >= 11 is 1.96. The maximum atomic E-state index is 13.0. The van der Waals surface area contributed by atoms with E-state index in [1.807, 2.05) is 22.6 Å². The number of pyridine rings is 1. The van der Waals surface area contributed by atoms with Crippen LogP contribution in [0.15, 0.2) is 30.3 Å². The summed E-state index contributed by atoms with van der Waals surface area (Å²) in [7, 11) is 0. The lowest BCUT2D eigenvalue weighted by Crippen LogP contribution is -2.06. The predicted octanol–water partition coefficient (Wildman–Crippen LogP) is 2.85. The second-order valence-electron chi connectivity index (χ2n) is 3.69. The van der Waals surface area contributed by atoms with Gasteiger partial charge in [0.15, 0.2) is 11.5 Å². The normalized spacial score (nSPS) is 10.2. The van der Waals surface area contributed by atoms with Crippen LogP contribution in [0.1, 0.15) is 10.5 Å². The van der Waals surface area contributed by atoms with Gasteiger partial charge in [-0.05, 0) is 52.9 Å². The van der Waals surface area contributed by atoms with E-state index in [1.54, 1.807) is 0 Å². The zero-order valence-electron chi connectivity index (χ0n) is 9.52. The van der Waals surface area contributed by atoms with Gasteiger partial charge in [0.2, 0.25) is 0 Å². The van der Waals surface area contributed by atoms with Crippen LogP contribution in [0.2, 0.25) is 0 Å². The number of aromatic carboxylic acids is 1. The van der Waals surface area contributed by atoms with Gasteiger partial charge in [-0.1, -0.05) is 0 Å². The Morgan fingerprint density at radius 2 is 2.11 bits per heavy atom. The highest BCUT2D eigenvalue weighted by Gasteiger charge is 2.10. The number of hydrogen-bond donors (Lipinski definition) is 3. The number of carboxylic acid groups (broad SMARTS) is 1. The van der Waals surface area contributed by atoms with Crippen LogP contribution >= 0.6 is 22.6 Å². The number of aromatic nitrogens is 1. The monoisotopic (exact) mass is 373 g/mol. The number of nitrogen functional groups attached to an aromatic ring is 1. The Balaban J connectivity index is 2.37. The fourth-order valence-corrected chi connectivity index (χ4v) is 2.02. The van der Waals surface area contributed by atoms with Crippen molar-refractivity contribution in [3.05, 3.63) is 45.4 Å². The van der Waals surface area contributed by atoms with Gasteiger partial charge in [-0.3, -0.25) is 0 Å². The molecule has 7 heteroatoms. The number of nitrogens with zero attached hydrogens (tertiary/aromatic N) is 1. The fourth-order valence-electron chi connectivity index (χ4n) is 1.41. The summed E-state index contributed by atoms with van der Waals surface area (Å²) in [6.07, 6.45) is 0. The van der Waals surface area contributed by atoms with Crippen molar-refractivity contribution < 1.29 is 14.3 Å². The van der Waals surface area contributed by atoms with Crippen LogP contribution in [0.5, 0.6) is 0 Å². The summed E-state index contributed by atoms with van der Waals surface area (Å²) in [5.41, 5.74) is 6.52. The van der Waals surface area contributed by atoms with Gasteiger partial charge in [0, 0.05) is 3.57 Å². The molecule has 0 aliphatic rings. The molecule has 0 saturated heterocycles. The lowest BCUT2D eigenvalue weighted by Gasteiger charge is -2.10. The maximum absolute atomic E-state index is 13.0. The Morgan fingerprint density at radius 3 is 2.74 bits per heavy atom. The van der Waals surface area contributed by atoms with Crippen molar-refractivity contribution >= 4 is 45.8 Å². The quantitative estimate of drug-likeness (QED) is 0.721. The molecule has 2 aromatic rings.